The van der Waals surface area contributed by atoms with Crippen LogP contribution in [0.3, 0.4) is 0 Å². The fourth-order valence-corrected chi connectivity index (χ4v) is 5.68. The van der Waals surface area contributed by atoms with Gasteiger partial charge in [-0.2, -0.15) is 0 Å². The highest BCUT2D eigenvalue weighted by atomic mass is 32.2. The van der Waals surface area contributed by atoms with E-state index in [1.54, 1.807) is 11.8 Å². The molecule has 3 aromatic carbocycles. The summed E-state index contributed by atoms with van der Waals surface area (Å²) >= 11 is 1.80. The average Bonchev–Trinajstić information content (AvgIpc) is 2.77. The monoisotopic (exact) mass is 405 g/mol. The molecule has 0 spiro atoms. The van der Waals surface area contributed by atoms with Gasteiger partial charge >= 0.3 is 0 Å². The highest BCUT2D eigenvalue weighted by Gasteiger charge is 2.28. The molecule has 0 aliphatic carbocycles. The van der Waals surface area contributed by atoms with Gasteiger partial charge in [0.2, 0.25) is 0 Å². The highest BCUT2D eigenvalue weighted by molar-refractivity contribution is 8.01. The third-order valence-electron chi connectivity index (χ3n) is 3.87. The largest absolute Gasteiger partial charge is 0.166 e. The van der Waals surface area contributed by atoms with Crippen molar-refractivity contribution in [3.8, 4) is 0 Å². The summed E-state index contributed by atoms with van der Waals surface area (Å²) in [6, 6.07) is 30.3. The first-order valence-electron chi connectivity index (χ1n) is 9.73. The quantitative estimate of drug-likeness (QED) is 0.293. The first-order valence-corrected chi connectivity index (χ1v) is 11.8. The molecule has 0 aliphatic rings. The van der Waals surface area contributed by atoms with E-state index in [0.717, 1.165) is 0 Å². The lowest BCUT2D eigenvalue weighted by atomic mass is 10.4. The Morgan fingerprint density at radius 1 is 0.679 bits per heavy atom. The third kappa shape index (κ3) is 6.19. The number of hydrogen-bond acceptors (Lipinski definition) is 1. The van der Waals surface area contributed by atoms with Gasteiger partial charge in [-0.25, -0.2) is 0 Å². The molecule has 28 heavy (non-hydrogen) atoms. The van der Waals surface area contributed by atoms with Crippen molar-refractivity contribution in [2.45, 2.75) is 47.3 Å². The normalized spacial score (nSPS) is 12.4. The first kappa shape index (κ1) is 22.1. The number of hydrogen-bond donors (Lipinski definition) is 0. The van der Waals surface area contributed by atoms with Gasteiger partial charge in [0.1, 0.15) is 0 Å². The topological polar surface area (TPSA) is 0 Å². The van der Waals surface area contributed by atoms with Crippen molar-refractivity contribution >= 4 is 22.7 Å². The first-order chi connectivity index (χ1) is 13.8. The lowest BCUT2D eigenvalue weighted by Gasteiger charge is -2.09. The number of rotatable bonds is 6. The van der Waals surface area contributed by atoms with E-state index in [1.807, 2.05) is 13.8 Å². The molecule has 1 atom stereocenters. The highest BCUT2D eigenvalue weighted by Crippen LogP contribution is 2.33. The van der Waals surface area contributed by atoms with Gasteiger partial charge in [-0.1, -0.05) is 68.1 Å². The Kier molecular flexibility index (Phi) is 9.74. The summed E-state index contributed by atoms with van der Waals surface area (Å²) in [5, 5.41) is 0. The predicted octanol–water partition coefficient (Wildman–Crippen LogP) is 8.38. The van der Waals surface area contributed by atoms with Crippen molar-refractivity contribution in [1.82, 2.24) is 0 Å². The van der Waals surface area contributed by atoms with Crippen LogP contribution in [0.15, 0.2) is 128 Å². The van der Waals surface area contributed by atoms with E-state index >= 15 is 0 Å². The molecular weight excluding hydrogens is 376 g/mol. The second-order valence-corrected chi connectivity index (χ2v) is 8.87. The summed E-state index contributed by atoms with van der Waals surface area (Å²) in [4.78, 5) is 6.58. The minimum Gasteiger partial charge on any atom is -0.0901 e. The summed E-state index contributed by atoms with van der Waals surface area (Å²) in [6.45, 7) is 8.20. The number of allylic oxidation sites excluding steroid dienone is 3. The smallest absolute Gasteiger partial charge is 0.0901 e. The maximum Gasteiger partial charge on any atom is 0.166 e. The van der Waals surface area contributed by atoms with Crippen LogP contribution in [0.1, 0.15) is 27.7 Å². The second-order valence-electron chi connectivity index (χ2n) is 5.70. The van der Waals surface area contributed by atoms with E-state index in [2.05, 4.69) is 117 Å². The molecule has 0 N–H and O–H groups in total. The zero-order chi connectivity index (χ0) is 20.2. The fraction of sp³-hybridized carbons (Fsp3) is 0.154. The summed E-state index contributed by atoms with van der Waals surface area (Å²) in [6.07, 6.45) is 6.57. The maximum atomic E-state index is 2.27. The van der Waals surface area contributed by atoms with Crippen molar-refractivity contribution in [3.63, 3.8) is 0 Å². The Morgan fingerprint density at radius 2 is 1.18 bits per heavy atom. The molecule has 0 aliphatic heterocycles. The van der Waals surface area contributed by atoms with E-state index in [9.17, 15) is 0 Å². The van der Waals surface area contributed by atoms with Gasteiger partial charge in [-0.3, -0.25) is 0 Å². The molecule has 1 unspecified atom stereocenters. The Labute approximate surface area is 177 Å². The lowest BCUT2D eigenvalue weighted by Crippen LogP contribution is -2.05. The Hall–Kier alpha value is -2.16. The molecule has 2 heteroatoms. The van der Waals surface area contributed by atoms with E-state index in [-0.39, 0.29) is 10.9 Å². The van der Waals surface area contributed by atoms with Gasteiger partial charge in [-0.05, 0) is 74.5 Å². The standard InChI is InChI=1S/C24H23S2.C2H6/c1-3-11-22(4-2)26(23-14-9-6-10-15-23)24-18-16-21(17-19-24)25-20-12-7-5-8-13-20;1-2/h3-19H,1-2H3;1-2H3/q+1;/b11-3-,22-4+;. The Bertz CT molecular complexity index is 863. The summed E-state index contributed by atoms with van der Waals surface area (Å²) < 4.78 is 0. The molecule has 0 bridgehead atoms. The van der Waals surface area contributed by atoms with Crippen LogP contribution in [-0.2, 0) is 10.9 Å². The zero-order valence-electron chi connectivity index (χ0n) is 17.1. The van der Waals surface area contributed by atoms with Crippen molar-refractivity contribution in [2.75, 3.05) is 0 Å². The molecule has 3 aromatic rings. The molecule has 0 fully saturated rings. The Morgan fingerprint density at radius 3 is 1.71 bits per heavy atom. The van der Waals surface area contributed by atoms with Crippen LogP contribution >= 0.6 is 11.8 Å². The molecule has 144 valence electrons. The van der Waals surface area contributed by atoms with Crippen LogP contribution in [0.2, 0.25) is 0 Å². The predicted molar refractivity (Wildman–Crippen MR) is 127 cm³/mol. The van der Waals surface area contributed by atoms with Crippen molar-refractivity contribution in [2.24, 2.45) is 0 Å². The maximum absolute atomic E-state index is 2.27. The van der Waals surface area contributed by atoms with E-state index in [0.29, 0.717) is 0 Å². The van der Waals surface area contributed by atoms with Gasteiger partial charge in [0, 0.05) is 9.79 Å². The number of benzene rings is 3. The van der Waals surface area contributed by atoms with Crippen LogP contribution in [0.25, 0.3) is 0 Å². The van der Waals surface area contributed by atoms with Crippen LogP contribution in [0, 0.1) is 0 Å². The fourth-order valence-electron chi connectivity index (χ4n) is 2.68. The van der Waals surface area contributed by atoms with E-state index < -0.39 is 0 Å². The lowest BCUT2D eigenvalue weighted by molar-refractivity contribution is 1.31. The third-order valence-corrected chi connectivity index (χ3v) is 7.21. The average molecular weight is 406 g/mol. The minimum absolute atomic E-state index is 0.0786. The molecule has 3 rings (SSSR count). The SMILES string of the molecule is C/C=C\C(=C/C)[S+](c1ccccc1)c1ccc(Sc2ccccc2)cc1.CC. The molecule has 0 saturated carbocycles. The summed E-state index contributed by atoms with van der Waals surface area (Å²) in [5.41, 5.74) is 0. The van der Waals surface area contributed by atoms with E-state index in [4.69, 9.17) is 0 Å². The van der Waals surface area contributed by atoms with Crippen molar-refractivity contribution in [3.05, 3.63) is 108 Å². The molecule has 0 radical (unpaired) electrons. The van der Waals surface area contributed by atoms with Gasteiger partial charge in [-0.15, -0.1) is 0 Å². The molecule has 0 heterocycles. The Balaban J connectivity index is 0.00000136. The van der Waals surface area contributed by atoms with Crippen LogP contribution in [-0.4, -0.2) is 0 Å². The minimum atomic E-state index is -0.0786. The molecule has 0 amide bonds. The van der Waals surface area contributed by atoms with Crippen LogP contribution in [0.5, 0.6) is 0 Å². The molecule has 0 aromatic heterocycles. The van der Waals surface area contributed by atoms with Crippen LogP contribution < -0.4 is 0 Å². The summed E-state index contributed by atoms with van der Waals surface area (Å²) in [7, 11) is -0.0786. The van der Waals surface area contributed by atoms with Gasteiger partial charge in [0.25, 0.3) is 0 Å². The van der Waals surface area contributed by atoms with Crippen LogP contribution in [0.4, 0.5) is 0 Å². The molecular formula is C26H29S2+. The van der Waals surface area contributed by atoms with Gasteiger partial charge < -0.3 is 0 Å². The van der Waals surface area contributed by atoms with Crippen molar-refractivity contribution in [1.29, 1.82) is 0 Å². The van der Waals surface area contributed by atoms with Crippen molar-refractivity contribution < 1.29 is 0 Å². The van der Waals surface area contributed by atoms with Gasteiger partial charge in [0.15, 0.2) is 14.7 Å². The molecule has 0 saturated heterocycles. The molecule has 0 nitrogen and oxygen atoms in total. The van der Waals surface area contributed by atoms with Gasteiger partial charge in [0.05, 0.1) is 10.9 Å². The summed E-state index contributed by atoms with van der Waals surface area (Å²) in [5.74, 6) is 0. The van der Waals surface area contributed by atoms with E-state index in [1.165, 1.54) is 24.5 Å². The second kappa shape index (κ2) is 12.3. The zero-order valence-corrected chi connectivity index (χ0v) is 18.8.